The van der Waals surface area contributed by atoms with E-state index in [0.717, 1.165) is 12.2 Å². The lowest BCUT2D eigenvalue weighted by atomic mass is 10.2. The Labute approximate surface area is 140 Å². The van der Waals surface area contributed by atoms with E-state index in [4.69, 9.17) is 13.6 Å². The molecule has 1 saturated carbocycles. The highest BCUT2D eigenvalue weighted by atomic mass is 16.5. The van der Waals surface area contributed by atoms with Crippen molar-refractivity contribution in [1.29, 1.82) is 0 Å². The van der Waals surface area contributed by atoms with Gasteiger partial charge in [-0.1, -0.05) is 13.8 Å². The average molecular weight is 331 g/mol. The Hall–Kier alpha value is -2.15. The van der Waals surface area contributed by atoms with Crippen LogP contribution in [0.25, 0.3) is 0 Å². The van der Waals surface area contributed by atoms with Gasteiger partial charge in [0.05, 0.1) is 19.4 Å². The van der Waals surface area contributed by atoms with Gasteiger partial charge in [0.1, 0.15) is 5.76 Å². The minimum Gasteiger partial charge on any atom is -0.469 e. The molecule has 0 spiro atoms. The molecule has 2 aromatic rings. The number of furan rings is 1. The summed E-state index contributed by atoms with van der Waals surface area (Å²) < 4.78 is 16.8. The van der Waals surface area contributed by atoms with Gasteiger partial charge in [-0.3, -0.25) is 4.79 Å². The minimum atomic E-state index is -0.344. The fourth-order valence-electron chi connectivity index (χ4n) is 3.13. The summed E-state index contributed by atoms with van der Waals surface area (Å²) in [4.78, 5) is 14.6. The van der Waals surface area contributed by atoms with Crippen LogP contribution in [0.4, 0.5) is 0 Å². The van der Waals surface area contributed by atoms with E-state index in [9.17, 15) is 4.79 Å². The van der Waals surface area contributed by atoms with Gasteiger partial charge in [0, 0.05) is 24.3 Å². The zero-order chi connectivity index (χ0) is 16.7. The van der Waals surface area contributed by atoms with Gasteiger partial charge in [-0.25, -0.2) is 0 Å². The van der Waals surface area contributed by atoms with E-state index in [1.165, 1.54) is 0 Å². The summed E-state index contributed by atoms with van der Waals surface area (Å²) >= 11 is 0. The molecule has 0 bridgehead atoms. The molecule has 3 heterocycles. The second-order valence-corrected chi connectivity index (χ2v) is 6.74. The van der Waals surface area contributed by atoms with Crippen molar-refractivity contribution < 1.29 is 18.4 Å². The summed E-state index contributed by atoms with van der Waals surface area (Å²) in [5.74, 6) is 2.51. The summed E-state index contributed by atoms with van der Waals surface area (Å²) in [5.41, 5.74) is 0. The van der Waals surface area contributed by atoms with Crippen LogP contribution in [0.1, 0.15) is 55.7 Å². The van der Waals surface area contributed by atoms with Crippen LogP contribution in [0.15, 0.2) is 27.2 Å². The van der Waals surface area contributed by atoms with Crippen LogP contribution < -0.4 is 0 Å². The summed E-state index contributed by atoms with van der Waals surface area (Å²) in [5, 5.41) is 8.12. The smallest absolute Gasteiger partial charge is 0.247 e. The fourth-order valence-corrected chi connectivity index (χ4v) is 3.13. The van der Waals surface area contributed by atoms with Gasteiger partial charge in [-0.05, 0) is 18.6 Å². The van der Waals surface area contributed by atoms with Gasteiger partial charge in [0.25, 0.3) is 0 Å². The first-order valence-electron chi connectivity index (χ1n) is 8.40. The van der Waals surface area contributed by atoms with Crippen molar-refractivity contribution in [1.82, 2.24) is 15.1 Å². The molecule has 24 heavy (non-hydrogen) atoms. The molecule has 1 amide bonds. The van der Waals surface area contributed by atoms with Crippen molar-refractivity contribution in [3.8, 4) is 0 Å². The monoisotopic (exact) mass is 331 g/mol. The van der Waals surface area contributed by atoms with Crippen molar-refractivity contribution in [3.05, 3.63) is 35.9 Å². The molecular formula is C17H21N3O4. The van der Waals surface area contributed by atoms with Crippen LogP contribution in [-0.2, 0) is 9.53 Å². The van der Waals surface area contributed by atoms with Gasteiger partial charge < -0.3 is 18.5 Å². The number of nitrogens with zero attached hydrogens (tertiary/aromatic N) is 3. The Bertz CT molecular complexity index is 709. The molecular weight excluding hydrogens is 310 g/mol. The van der Waals surface area contributed by atoms with Crippen molar-refractivity contribution >= 4 is 5.91 Å². The Morgan fingerprint density at radius 1 is 1.38 bits per heavy atom. The fraction of sp³-hybridized carbons (Fsp3) is 0.588. The third-order valence-corrected chi connectivity index (χ3v) is 4.62. The Morgan fingerprint density at radius 2 is 2.25 bits per heavy atom. The van der Waals surface area contributed by atoms with E-state index in [2.05, 4.69) is 10.2 Å². The average Bonchev–Trinajstić information content (AvgIpc) is 3.03. The van der Waals surface area contributed by atoms with E-state index < -0.39 is 0 Å². The van der Waals surface area contributed by atoms with Crippen LogP contribution in [-0.4, -0.2) is 40.7 Å². The lowest BCUT2D eigenvalue weighted by molar-refractivity contribution is -0.141. The van der Waals surface area contributed by atoms with Crippen LogP contribution in [0.2, 0.25) is 0 Å². The number of morpholine rings is 1. The van der Waals surface area contributed by atoms with Crippen LogP contribution >= 0.6 is 0 Å². The standard InChI is InChI=1S/C17H21N3O4/c1-10(2)15-18-19-16(24-15)14-9-20(5-7-23-14)17(21)12-8-11(12)13-4-3-6-22-13/h3-4,6,10-12,14H,5,7-9H2,1-2H3/t11-,12+,14+/m1/s1. The van der Waals surface area contributed by atoms with Gasteiger partial charge in [0.15, 0.2) is 6.10 Å². The number of rotatable bonds is 4. The van der Waals surface area contributed by atoms with Crippen LogP contribution in [0.3, 0.4) is 0 Å². The zero-order valence-electron chi connectivity index (χ0n) is 13.8. The van der Waals surface area contributed by atoms with E-state index in [1.54, 1.807) is 6.26 Å². The third kappa shape index (κ3) is 2.84. The van der Waals surface area contributed by atoms with Crippen LogP contribution in [0, 0.1) is 5.92 Å². The number of ether oxygens (including phenoxy) is 1. The first-order valence-corrected chi connectivity index (χ1v) is 8.40. The Morgan fingerprint density at radius 3 is 2.96 bits per heavy atom. The molecule has 3 atom stereocenters. The van der Waals surface area contributed by atoms with Gasteiger partial charge >= 0.3 is 0 Å². The summed E-state index contributed by atoms with van der Waals surface area (Å²) in [7, 11) is 0. The maximum absolute atomic E-state index is 12.7. The highest BCUT2D eigenvalue weighted by Crippen LogP contribution is 2.48. The van der Waals surface area contributed by atoms with Crippen molar-refractivity contribution in [2.45, 2.75) is 38.2 Å². The molecule has 0 radical (unpaired) electrons. The second-order valence-electron chi connectivity index (χ2n) is 6.74. The van der Waals surface area contributed by atoms with Crippen molar-refractivity contribution in [2.24, 2.45) is 5.92 Å². The van der Waals surface area contributed by atoms with E-state index in [1.807, 2.05) is 30.9 Å². The van der Waals surface area contributed by atoms with Gasteiger partial charge in [0.2, 0.25) is 17.7 Å². The Kier molecular flexibility index (Phi) is 3.88. The summed E-state index contributed by atoms with van der Waals surface area (Å²) in [6.45, 7) is 5.53. The van der Waals surface area contributed by atoms with Crippen LogP contribution in [0.5, 0.6) is 0 Å². The summed E-state index contributed by atoms with van der Waals surface area (Å²) in [6.07, 6.45) is 2.16. The quantitative estimate of drug-likeness (QED) is 0.856. The molecule has 0 N–H and O–H groups in total. The third-order valence-electron chi connectivity index (χ3n) is 4.62. The first kappa shape index (κ1) is 15.4. The van der Waals surface area contributed by atoms with Crippen molar-refractivity contribution in [2.75, 3.05) is 19.7 Å². The highest BCUT2D eigenvalue weighted by Gasteiger charge is 2.48. The molecule has 1 saturated heterocycles. The normalized spacial score (nSPS) is 26.8. The van der Waals surface area contributed by atoms with Gasteiger partial charge in [-0.15, -0.1) is 10.2 Å². The molecule has 1 aliphatic carbocycles. The lowest BCUT2D eigenvalue weighted by Crippen LogP contribution is -2.43. The summed E-state index contributed by atoms with van der Waals surface area (Å²) in [6, 6.07) is 3.80. The Balaban J connectivity index is 1.40. The maximum Gasteiger partial charge on any atom is 0.247 e. The molecule has 1 aliphatic heterocycles. The molecule has 128 valence electrons. The molecule has 0 aromatic carbocycles. The van der Waals surface area contributed by atoms with Gasteiger partial charge in [-0.2, -0.15) is 0 Å². The minimum absolute atomic E-state index is 0.0174. The highest BCUT2D eigenvalue weighted by molar-refractivity contribution is 5.83. The molecule has 2 fully saturated rings. The number of hydrogen-bond donors (Lipinski definition) is 0. The molecule has 7 heteroatoms. The molecule has 4 rings (SSSR count). The SMILES string of the molecule is CC(C)c1nnc([C@@H]2CN(C(=O)[C@H]3C[C@H]3c3ccco3)CCO2)o1. The van der Waals surface area contributed by atoms with E-state index >= 15 is 0 Å². The molecule has 2 aliphatic rings. The number of carbonyl (C=O) groups is 1. The largest absolute Gasteiger partial charge is 0.469 e. The number of hydrogen-bond acceptors (Lipinski definition) is 6. The number of aromatic nitrogens is 2. The zero-order valence-corrected chi connectivity index (χ0v) is 13.8. The molecule has 7 nitrogen and oxygen atoms in total. The van der Waals surface area contributed by atoms with Crippen molar-refractivity contribution in [3.63, 3.8) is 0 Å². The number of amides is 1. The lowest BCUT2D eigenvalue weighted by Gasteiger charge is -2.31. The maximum atomic E-state index is 12.7. The predicted molar refractivity (Wildman–Crippen MR) is 83.2 cm³/mol. The number of carbonyl (C=O) groups excluding carboxylic acids is 1. The topological polar surface area (TPSA) is 81.6 Å². The van der Waals surface area contributed by atoms with E-state index in [0.29, 0.717) is 31.5 Å². The molecule has 2 aromatic heterocycles. The predicted octanol–water partition coefficient (Wildman–Crippen LogP) is 2.49. The molecule has 0 unspecified atom stereocenters. The first-order chi connectivity index (χ1) is 11.6. The van der Waals surface area contributed by atoms with E-state index in [-0.39, 0.29) is 29.8 Å². The second kappa shape index (κ2) is 6.05.